The smallest absolute Gasteiger partial charge is 0.424 e. The van der Waals surface area contributed by atoms with Gasteiger partial charge in [-0.05, 0) is 48.1 Å². The van der Waals surface area contributed by atoms with Crippen molar-refractivity contribution >= 4 is 17.7 Å². The van der Waals surface area contributed by atoms with Gasteiger partial charge in [-0.3, -0.25) is 4.79 Å². The molecule has 4 N–H and O–H groups in total. The highest BCUT2D eigenvalue weighted by Crippen LogP contribution is 2.41. The maximum Gasteiger partial charge on any atom is 0.424 e. The zero-order valence-corrected chi connectivity index (χ0v) is 16.8. The lowest BCUT2D eigenvalue weighted by Gasteiger charge is -2.29. The number of rotatable bonds is 9. The lowest BCUT2D eigenvalue weighted by molar-refractivity contribution is -0.270. The molecule has 0 aliphatic heterocycles. The molecule has 0 aliphatic carbocycles. The molecule has 0 saturated heterocycles. The number of aromatic nitrogens is 2. The minimum absolute atomic E-state index is 0.0899. The molecule has 2 unspecified atom stereocenters. The number of benzene rings is 1. The van der Waals surface area contributed by atoms with Gasteiger partial charge in [0.05, 0.1) is 0 Å². The van der Waals surface area contributed by atoms with Gasteiger partial charge in [-0.2, -0.15) is 24.9 Å². The van der Waals surface area contributed by atoms with E-state index in [1.807, 2.05) is 0 Å². The van der Waals surface area contributed by atoms with E-state index in [0.717, 1.165) is 24.2 Å². The monoisotopic (exact) mass is 447 g/mol. The molecule has 0 fully saturated rings. The second-order valence-corrected chi connectivity index (χ2v) is 7.93. The number of nitrogens with zero attached hydrogens (tertiary/aromatic N) is 2. The van der Waals surface area contributed by atoms with Crippen molar-refractivity contribution in [3.8, 4) is 11.1 Å². The molecule has 164 valence electrons. The van der Waals surface area contributed by atoms with Gasteiger partial charge < -0.3 is 15.9 Å². The van der Waals surface area contributed by atoms with Crippen molar-refractivity contribution in [2.24, 2.45) is 5.73 Å². The zero-order valence-electron chi connectivity index (χ0n) is 16.0. The molecule has 0 bridgehead atoms. The third kappa shape index (κ3) is 5.67. The molecule has 6 nitrogen and oxygen atoms in total. The van der Waals surface area contributed by atoms with E-state index in [-0.39, 0.29) is 17.9 Å². The number of halogens is 4. The lowest BCUT2D eigenvalue weighted by Crippen LogP contribution is -2.44. The molecule has 2 aromatic rings. The summed E-state index contributed by atoms with van der Waals surface area (Å²) < 4.78 is 54.0. The number of alkyl halides is 3. The van der Waals surface area contributed by atoms with Crippen molar-refractivity contribution in [2.45, 2.75) is 37.6 Å². The Hall–Kier alpha value is -2.24. The van der Waals surface area contributed by atoms with Crippen LogP contribution in [0.2, 0.25) is 0 Å². The minimum Gasteiger partial charge on any atom is -0.480 e. The Morgan fingerprint density at radius 3 is 2.40 bits per heavy atom. The van der Waals surface area contributed by atoms with Crippen LogP contribution in [-0.2, 0) is 10.4 Å². The van der Waals surface area contributed by atoms with Crippen LogP contribution < -0.4 is 5.73 Å². The van der Waals surface area contributed by atoms with E-state index in [1.54, 1.807) is 6.92 Å². The predicted molar refractivity (Wildman–Crippen MR) is 104 cm³/mol. The maximum atomic E-state index is 13.6. The van der Waals surface area contributed by atoms with Gasteiger partial charge in [0, 0.05) is 24.4 Å². The maximum absolute atomic E-state index is 13.6. The SMILES string of the molecule is Cc1cc(F)ccc1-c1cnc(C(O)(CCSCCC(N)C(=O)O)C(F)(F)F)nc1. The lowest BCUT2D eigenvalue weighted by atomic mass is 9.98. The molecule has 0 saturated carbocycles. The molecule has 2 atom stereocenters. The first-order valence-electron chi connectivity index (χ1n) is 8.90. The number of carboxylic acids is 1. The molecule has 1 aromatic heterocycles. The van der Waals surface area contributed by atoms with Gasteiger partial charge in [0.1, 0.15) is 11.9 Å². The van der Waals surface area contributed by atoms with Crippen LogP contribution in [0.1, 0.15) is 24.2 Å². The Labute approximate surface area is 174 Å². The van der Waals surface area contributed by atoms with Crippen LogP contribution in [0.3, 0.4) is 0 Å². The number of nitrogens with two attached hydrogens (primary N) is 1. The summed E-state index contributed by atoms with van der Waals surface area (Å²) in [7, 11) is 0. The normalized spacial score (nSPS) is 14.9. The number of carbonyl (C=O) groups is 1. The van der Waals surface area contributed by atoms with Crippen molar-refractivity contribution in [1.82, 2.24) is 9.97 Å². The second-order valence-electron chi connectivity index (χ2n) is 6.71. The van der Waals surface area contributed by atoms with Crippen molar-refractivity contribution in [2.75, 3.05) is 11.5 Å². The van der Waals surface area contributed by atoms with E-state index in [1.165, 1.54) is 18.2 Å². The van der Waals surface area contributed by atoms with Crippen LogP contribution in [-0.4, -0.2) is 49.9 Å². The fourth-order valence-corrected chi connectivity index (χ4v) is 3.73. The number of aliphatic carboxylic acids is 1. The first kappa shape index (κ1) is 24.0. The summed E-state index contributed by atoms with van der Waals surface area (Å²) in [5, 5.41) is 19.0. The third-order valence-corrected chi connectivity index (χ3v) is 5.51. The van der Waals surface area contributed by atoms with Crippen molar-refractivity contribution < 1.29 is 32.6 Å². The van der Waals surface area contributed by atoms with Crippen molar-refractivity contribution in [3.63, 3.8) is 0 Å². The number of thioether (sulfide) groups is 1. The molecule has 1 aromatic carbocycles. The highest BCUT2D eigenvalue weighted by Gasteiger charge is 2.56. The van der Waals surface area contributed by atoms with E-state index in [4.69, 9.17) is 10.8 Å². The topological polar surface area (TPSA) is 109 Å². The Balaban J connectivity index is 2.13. The average molecular weight is 447 g/mol. The summed E-state index contributed by atoms with van der Waals surface area (Å²) in [6.07, 6.45) is -3.33. The van der Waals surface area contributed by atoms with E-state index < -0.39 is 41.9 Å². The Morgan fingerprint density at radius 1 is 1.23 bits per heavy atom. The fraction of sp³-hybridized carbons (Fsp3) is 0.421. The van der Waals surface area contributed by atoms with Gasteiger partial charge in [0.2, 0.25) is 5.60 Å². The molecule has 11 heteroatoms. The quantitative estimate of drug-likeness (QED) is 0.400. The van der Waals surface area contributed by atoms with Gasteiger partial charge in [-0.25, -0.2) is 14.4 Å². The van der Waals surface area contributed by atoms with Gasteiger partial charge >= 0.3 is 12.1 Å². The van der Waals surface area contributed by atoms with Crippen LogP contribution in [0, 0.1) is 12.7 Å². The second kappa shape index (κ2) is 9.71. The van der Waals surface area contributed by atoms with Gasteiger partial charge in [0.25, 0.3) is 0 Å². The van der Waals surface area contributed by atoms with E-state index >= 15 is 0 Å². The third-order valence-electron chi connectivity index (χ3n) is 4.49. The summed E-state index contributed by atoms with van der Waals surface area (Å²) in [5.41, 5.74) is 3.59. The van der Waals surface area contributed by atoms with Gasteiger partial charge in [-0.15, -0.1) is 0 Å². The number of aryl methyl sites for hydroxylation is 1. The predicted octanol–water partition coefficient (Wildman–Crippen LogP) is 3.27. The molecule has 0 amide bonds. The van der Waals surface area contributed by atoms with Crippen LogP contribution in [0.25, 0.3) is 11.1 Å². The minimum atomic E-state index is -5.02. The van der Waals surface area contributed by atoms with E-state index in [9.17, 15) is 27.5 Å². The fourth-order valence-electron chi connectivity index (χ4n) is 2.67. The van der Waals surface area contributed by atoms with Gasteiger partial charge in [-0.1, -0.05) is 6.07 Å². The molecular weight excluding hydrogens is 426 g/mol. The first-order chi connectivity index (χ1) is 14.0. The summed E-state index contributed by atoms with van der Waals surface area (Å²) in [6, 6.07) is 2.88. The zero-order chi connectivity index (χ0) is 22.5. The highest BCUT2D eigenvalue weighted by atomic mass is 32.2. The Bertz CT molecular complexity index is 880. The Morgan fingerprint density at radius 2 is 1.87 bits per heavy atom. The van der Waals surface area contributed by atoms with E-state index in [2.05, 4.69) is 9.97 Å². The van der Waals surface area contributed by atoms with Crippen molar-refractivity contribution in [1.29, 1.82) is 0 Å². The molecule has 1 heterocycles. The standard InChI is InChI=1S/C19H21F4N3O3S/c1-11-8-13(20)2-3-14(11)12-9-25-17(26-10-12)18(29,19(21,22)23)5-7-30-6-4-15(24)16(27)28/h2-3,8-10,15,29H,4-7,24H2,1H3,(H,27,28). The number of aliphatic hydroxyl groups is 1. The largest absolute Gasteiger partial charge is 0.480 e. The number of carboxylic acid groups (broad SMARTS) is 1. The summed E-state index contributed by atoms with van der Waals surface area (Å²) >= 11 is 1.05. The molecule has 0 radical (unpaired) electrons. The van der Waals surface area contributed by atoms with Gasteiger partial charge in [0.15, 0.2) is 5.82 Å². The summed E-state index contributed by atoms with van der Waals surface area (Å²) in [4.78, 5) is 18.1. The van der Waals surface area contributed by atoms with Crippen LogP contribution in [0.5, 0.6) is 0 Å². The van der Waals surface area contributed by atoms with Crippen LogP contribution in [0.15, 0.2) is 30.6 Å². The van der Waals surface area contributed by atoms with Crippen LogP contribution >= 0.6 is 11.8 Å². The average Bonchev–Trinajstić information content (AvgIpc) is 2.66. The molecular formula is C19H21F4N3O3S. The summed E-state index contributed by atoms with van der Waals surface area (Å²) in [6.45, 7) is 1.64. The molecule has 0 spiro atoms. The van der Waals surface area contributed by atoms with Crippen molar-refractivity contribution in [3.05, 3.63) is 47.8 Å². The highest BCUT2D eigenvalue weighted by molar-refractivity contribution is 7.99. The molecule has 0 aliphatic rings. The Kier molecular flexibility index (Phi) is 7.78. The summed E-state index contributed by atoms with van der Waals surface area (Å²) in [5.74, 6) is -2.30. The molecule has 30 heavy (non-hydrogen) atoms. The number of hydrogen-bond donors (Lipinski definition) is 3. The molecule has 2 rings (SSSR count). The van der Waals surface area contributed by atoms with Crippen LogP contribution in [0.4, 0.5) is 17.6 Å². The number of hydrogen-bond acceptors (Lipinski definition) is 6. The van der Waals surface area contributed by atoms with E-state index in [0.29, 0.717) is 16.7 Å². The first-order valence-corrected chi connectivity index (χ1v) is 10.1.